The third kappa shape index (κ3) is 2.61. The van der Waals surface area contributed by atoms with E-state index in [1.807, 2.05) is 0 Å². The van der Waals surface area contributed by atoms with Gasteiger partial charge in [0.05, 0.1) is 11.5 Å². The summed E-state index contributed by atoms with van der Waals surface area (Å²) in [6.07, 6.45) is 6.69. The van der Waals surface area contributed by atoms with Gasteiger partial charge in [0.25, 0.3) is 5.91 Å². The Morgan fingerprint density at radius 3 is 3.08 bits per heavy atom. The van der Waals surface area contributed by atoms with E-state index in [0.717, 1.165) is 42.3 Å². The Hall–Kier alpha value is -2.20. The number of ether oxygens (including phenoxy) is 1. The van der Waals surface area contributed by atoms with E-state index in [2.05, 4.69) is 21.4 Å². The van der Waals surface area contributed by atoms with Crippen LogP contribution < -0.4 is 10.1 Å². The van der Waals surface area contributed by atoms with Gasteiger partial charge in [0.15, 0.2) is 6.61 Å². The summed E-state index contributed by atoms with van der Waals surface area (Å²) in [6, 6.07) is 2.22. The Kier molecular flexibility index (Phi) is 3.65. The quantitative estimate of drug-likeness (QED) is 0.901. The van der Waals surface area contributed by atoms with Crippen molar-refractivity contribution in [3.63, 3.8) is 0 Å². The number of hydrogen-bond donors (Lipinski definition) is 1. The predicted molar refractivity (Wildman–Crippen MR) is 89.8 cm³/mol. The number of aromatic nitrogens is 2. The van der Waals surface area contributed by atoms with E-state index in [9.17, 15) is 10.1 Å². The monoisotopic (exact) mass is 342 g/mol. The van der Waals surface area contributed by atoms with E-state index in [0.29, 0.717) is 5.88 Å². The van der Waals surface area contributed by atoms with Gasteiger partial charge in [-0.3, -0.25) is 4.79 Å². The van der Waals surface area contributed by atoms with Gasteiger partial charge in [0.1, 0.15) is 16.7 Å². The summed E-state index contributed by atoms with van der Waals surface area (Å²) in [5.74, 6) is 0.432. The Bertz CT molecular complexity index is 852. The van der Waals surface area contributed by atoms with Crippen LogP contribution in [0.5, 0.6) is 5.88 Å². The first-order chi connectivity index (χ1) is 11.6. The van der Waals surface area contributed by atoms with Crippen LogP contribution in [0.25, 0.3) is 10.2 Å². The van der Waals surface area contributed by atoms with Crippen molar-refractivity contribution in [1.82, 2.24) is 15.3 Å². The number of aryl methyl sites for hydroxylation is 2. The fraction of sp³-hybridized carbons (Fsp3) is 0.529. The van der Waals surface area contributed by atoms with Crippen LogP contribution in [0, 0.1) is 17.2 Å². The highest BCUT2D eigenvalue weighted by Gasteiger charge is 2.43. The van der Waals surface area contributed by atoms with Gasteiger partial charge >= 0.3 is 0 Å². The van der Waals surface area contributed by atoms with Crippen molar-refractivity contribution in [2.75, 3.05) is 6.61 Å². The van der Waals surface area contributed by atoms with E-state index in [-0.39, 0.29) is 18.4 Å². The second-order valence-electron chi connectivity index (χ2n) is 6.64. The summed E-state index contributed by atoms with van der Waals surface area (Å²) in [7, 11) is 0. The summed E-state index contributed by atoms with van der Waals surface area (Å²) in [5, 5.41) is 13.1. The van der Waals surface area contributed by atoms with Crippen LogP contribution in [0.15, 0.2) is 6.33 Å². The van der Waals surface area contributed by atoms with Crippen LogP contribution in [-0.4, -0.2) is 28.0 Å². The van der Waals surface area contributed by atoms with Crippen LogP contribution in [0.2, 0.25) is 0 Å². The number of nitrogens with zero attached hydrogens (tertiary/aromatic N) is 3. The molecule has 1 N–H and O–H groups in total. The molecule has 1 fully saturated rings. The summed E-state index contributed by atoms with van der Waals surface area (Å²) in [4.78, 5) is 23.0. The minimum absolute atomic E-state index is 0.138. The van der Waals surface area contributed by atoms with Crippen molar-refractivity contribution in [3.05, 3.63) is 16.8 Å². The van der Waals surface area contributed by atoms with Gasteiger partial charge in [-0.05, 0) is 50.5 Å². The molecule has 0 spiro atoms. The third-order valence-corrected chi connectivity index (χ3v) is 6.03. The molecule has 4 rings (SSSR count). The molecule has 2 aromatic rings. The minimum atomic E-state index is -0.801. The molecule has 1 amide bonds. The first-order valence-electron chi connectivity index (χ1n) is 8.21. The van der Waals surface area contributed by atoms with E-state index in [1.165, 1.54) is 16.8 Å². The number of carbonyl (C=O) groups is 1. The van der Waals surface area contributed by atoms with Crippen molar-refractivity contribution in [2.45, 2.75) is 44.6 Å². The van der Waals surface area contributed by atoms with Gasteiger partial charge in [-0.2, -0.15) is 5.26 Å². The molecule has 2 heterocycles. The molecule has 0 radical (unpaired) electrons. The summed E-state index contributed by atoms with van der Waals surface area (Å²) >= 11 is 1.69. The normalized spacial score (nSPS) is 18.7. The van der Waals surface area contributed by atoms with Crippen LogP contribution in [-0.2, 0) is 17.6 Å². The lowest BCUT2D eigenvalue weighted by Gasteiger charge is -2.22. The van der Waals surface area contributed by atoms with Crippen LogP contribution >= 0.6 is 11.3 Å². The van der Waals surface area contributed by atoms with Gasteiger partial charge in [-0.25, -0.2) is 9.97 Å². The Morgan fingerprint density at radius 1 is 1.50 bits per heavy atom. The highest BCUT2D eigenvalue weighted by atomic mass is 32.1. The predicted octanol–water partition coefficient (Wildman–Crippen LogP) is 2.37. The van der Waals surface area contributed by atoms with Gasteiger partial charge in [-0.1, -0.05) is 0 Å². The average Bonchev–Trinajstić information content (AvgIpc) is 3.24. The zero-order valence-corrected chi connectivity index (χ0v) is 14.3. The third-order valence-electron chi connectivity index (χ3n) is 4.83. The zero-order valence-electron chi connectivity index (χ0n) is 13.5. The molecular formula is C17H18N4O2S. The van der Waals surface area contributed by atoms with Crippen LogP contribution in [0.1, 0.15) is 36.6 Å². The van der Waals surface area contributed by atoms with Crippen molar-refractivity contribution in [3.8, 4) is 11.9 Å². The lowest BCUT2D eigenvalue weighted by molar-refractivity contribution is -0.124. The van der Waals surface area contributed by atoms with Crippen molar-refractivity contribution < 1.29 is 9.53 Å². The second-order valence-corrected chi connectivity index (χ2v) is 7.73. The molecular weight excluding hydrogens is 324 g/mol. The molecule has 2 aliphatic rings. The molecule has 0 saturated heterocycles. The maximum atomic E-state index is 12.2. The maximum absolute atomic E-state index is 12.2. The Labute approximate surface area is 143 Å². The van der Waals surface area contributed by atoms with E-state index >= 15 is 0 Å². The van der Waals surface area contributed by atoms with Crippen molar-refractivity contribution in [2.24, 2.45) is 5.92 Å². The van der Waals surface area contributed by atoms with Crippen molar-refractivity contribution in [1.29, 1.82) is 5.26 Å². The van der Waals surface area contributed by atoms with Gasteiger partial charge in [0, 0.05) is 4.88 Å². The molecule has 0 aromatic carbocycles. The number of carbonyl (C=O) groups excluding carboxylic acids is 1. The second kappa shape index (κ2) is 5.71. The molecule has 7 heteroatoms. The topological polar surface area (TPSA) is 87.9 Å². The Morgan fingerprint density at radius 2 is 2.33 bits per heavy atom. The van der Waals surface area contributed by atoms with Gasteiger partial charge < -0.3 is 10.1 Å². The molecule has 1 atom stereocenters. The number of thiophene rings is 1. The number of hydrogen-bond acceptors (Lipinski definition) is 6. The van der Waals surface area contributed by atoms with Crippen LogP contribution in [0.4, 0.5) is 0 Å². The standard InChI is InChI=1S/C17H18N4O2S/c1-17(8-18,10-5-6-10)21-13(22)7-23-15-14-11-3-2-4-12(11)24-16(14)20-9-19-15/h9-10H,2-7H2,1H3,(H,21,22)/t17-/m0/s1. The highest BCUT2D eigenvalue weighted by Crippen LogP contribution is 2.40. The lowest BCUT2D eigenvalue weighted by Crippen LogP contribution is -2.48. The molecule has 0 unspecified atom stereocenters. The largest absolute Gasteiger partial charge is 0.467 e. The fourth-order valence-corrected chi connectivity index (χ4v) is 4.57. The van der Waals surface area contributed by atoms with Crippen molar-refractivity contribution >= 4 is 27.5 Å². The van der Waals surface area contributed by atoms with E-state index in [4.69, 9.17) is 4.74 Å². The minimum Gasteiger partial charge on any atom is -0.467 e. The fourth-order valence-electron chi connectivity index (χ4n) is 3.35. The summed E-state index contributed by atoms with van der Waals surface area (Å²) in [5.41, 5.74) is 0.469. The first kappa shape index (κ1) is 15.3. The number of amides is 1. The van der Waals surface area contributed by atoms with Gasteiger partial charge in [0.2, 0.25) is 5.88 Å². The highest BCUT2D eigenvalue weighted by molar-refractivity contribution is 7.18. The Balaban J connectivity index is 1.49. The van der Waals surface area contributed by atoms with E-state index < -0.39 is 5.54 Å². The first-order valence-corrected chi connectivity index (χ1v) is 9.02. The molecule has 0 aliphatic heterocycles. The molecule has 2 aliphatic carbocycles. The zero-order chi connectivity index (χ0) is 16.7. The maximum Gasteiger partial charge on any atom is 0.259 e. The molecule has 24 heavy (non-hydrogen) atoms. The molecule has 1 saturated carbocycles. The van der Waals surface area contributed by atoms with Crippen LogP contribution in [0.3, 0.4) is 0 Å². The van der Waals surface area contributed by atoms with Gasteiger partial charge in [-0.15, -0.1) is 11.3 Å². The lowest BCUT2D eigenvalue weighted by atomic mass is 9.98. The smallest absolute Gasteiger partial charge is 0.259 e. The number of nitrogens with one attached hydrogen (secondary N) is 1. The number of fused-ring (bicyclic) bond motifs is 3. The number of nitriles is 1. The molecule has 6 nitrogen and oxygen atoms in total. The van der Waals surface area contributed by atoms with E-state index in [1.54, 1.807) is 18.3 Å². The molecule has 2 aromatic heterocycles. The summed E-state index contributed by atoms with van der Waals surface area (Å²) < 4.78 is 5.69. The number of rotatable bonds is 5. The molecule has 0 bridgehead atoms. The summed E-state index contributed by atoms with van der Waals surface area (Å²) in [6.45, 7) is 1.64. The average molecular weight is 342 g/mol. The SMILES string of the molecule is C[C@@](C#N)(NC(=O)COc1ncnc2sc3c(c12)CCC3)C1CC1. The molecule has 124 valence electrons.